The molecule has 0 unspecified atom stereocenters. The van der Waals surface area contributed by atoms with E-state index in [0.29, 0.717) is 34.0 Å². The molecular weight excluding hydrogens is 464 g/mol. The highest BCUT2D eigenvalue weighted by Gasteiger charge is 2.16. The summed E-state index contributed by atoms with van der Waals surface area (Å²) in [5.41, 5.74) is 2.30. The van der Waals surface area contributed by atoms with Gasteiger partial charge in [-0.1, -0.05) is 53.7 Å². The number of nitro benzene ring substituents is 1. The molecule has 0 saturated heterocycles. The zero-order valence-corrected chi connectivity index (χ0v) is 18.7. The van der Waals surface area contributed by atoms with E-state index in [1.54, 1.807) is 30.3 Å². The SMILES string of the molecule is O=C(NCc1ccccc1)c1cc(CSc2nnc(-c3ccc(Cl)cc3)o2)cc([N+](=O)[O-])c1. The van der Waals surface area contributed by atoms with Crippen molar-refractivity contribution in [3.63, 3.8) is 0 Å². The van der Waals surface area contributed by atoms with Crippen molar-refractivity contribution >= 4 is 35.0 Å². The van der Waals surface area contributed by atoms with Crippen LogP contribution in [0.15, 0.2) is 82.4 Å². The highest BCUT2D eigenvalue weighted by molar-refractivity contribution is 7.98. The fourth-order valence-electron chi connectivity index (χ4n) is 3.00. The Morgan fingerprint density at radius 3 is 2.52 bits per heavy atom. The number of rotatable bonds is 8. The van der Waals surface area contributed by atoms with Gasteiger partial charge in [0.05, 0.1) is 4.92 Å². The number of thioether (sulfide) groups is 1. The van der Waals surface area contributed by atoms with E-state index in [2.05, 4.69) is 15.5 Å². The third-order valence-corrected chi connectivity index (χ3v) is 5.75. The fourth-order valence-corrected chi connectivity index (χ4v) is 3.82. The molecule has 1 N–H and O–H groups in total. The van der Waals surface area contributed by atoms with Crippen molar-refractivity contribution in [2.24, 2.45) is 0 Å². The van der Waals surface area contributed by atoms with Gasteiger partial charge in [-0.15, -0.1) is 10.2 Å². The van der Waals surface area contributed by atoms with Crippen LogP contribution in [0.2, 0.25) is 5.02 Å². The van der Waals surface area contributed by atoms with E-state index in [-0.39, 0.29) is 11.3 Å². The molecule has 1 heterocycles. The Balaban J connectivity index is 1.46. The van der Waals surface area contributed by atoms with Crippen LogP contribution in [0.5, 0.6) is 0 Å². The molecule has 0 aliphatic carbocycles. The minimum Gasteiger partial charge on any atom is -0.411 e. The lowest BCUT2D eigenvalue weighted by molar-refractivity contribution is -0.384. The number of hydrogen-bond acceptors (Lipinski definition) is 7. The first-order chi connectivity index (χ1) is 16.0. The van der Waals surface area contributed by atoms with Crippen LogP contribution < -0.4 is 5.32 Å². The molecular formula is C23H17ClN4O4S. The molecule has 4 rings (SSSR count). The van der Waals surface area contributed by atoms with Crippen molar-refractivity contribution in [3.05, 3.63) is 105 Å². The number of halogens is 1. The van der Waals surface area contributed by atoms with Crippen molar-refractivity contribution in [2.45, 2.75) is 17.5 Å². The minimum absolute atomic E-state index is 0.162. The highest BCUT2D eigenvalue weighted by atomic mass is 35.5. The molecule has 0 radical (unpaired) electrons. The van der Waals surface area contributed by atoms with Gasteiger partial charge in [0.2, 0.25) is 5.89 Å². The summed E-state index contributed by atoms with van der Waals surface area (Å²) in [4.78, 5) is 23.5. The quantitative estimate of drug-likeness (QED) is 0.201. The molecule has 0 spiro atoms. The minimum atomic E-state index is -0.520. The lowest BCUT2D eigenvalue weighted by Gasteiger charge is -2.07. The number of nitrogens with one attached hydrogen (secondary N) is 1. The summed E-state index contributed by atoms with van der Waals surface area (Å²) in [6.07, 6.45) is 0. The zero-order chi connectivity index (χ0) is 23.2. The number of nitrogens with zero attached hydrogens (tertiary/aromatic N) is 3. The summed E-state index contributed by atoms with van der Waals surface area (Å²) >= 11 is 7.12. The predicted octanol–water partition coefficient (Wildman–Crippen LogP) is 5.52. The van der Waals surface area contributed by atoms with Crippen LogP contribution in [0, 0.1) is 10.1 Å². The molecule has 3 aromatic carbocycles. The highest BCUT2D eigenvalue weighted by Crippen LogP contribution is 2.28. The number of benzene rings is 3. The first-order valence-corrected chi connectivity index (χ1v) is 11.2. The third kappa shape index (κ3) is 5.97. The van der Waals surface area contributed by atoms with Gasteiger partial charge in [-0.05, 0) is 41.5 Å². The molecule has 0 bridgehead atoms. The van der Waals surface area contributed by atoms with Crippen LogP contribution in [0.3, 0.4) is 0 Å². The molecule has 0 atom stereocenters. The Kier molecular flexibility index (Phi) is 7.01. The van der Waals surface area contributed by atoms with E-state index in [1.165, 1.54) is 23.9 Å². The summed E-state index contributed by atoms with van der Waals surface area (Å²) in [5, 5.41) is 23.1. The monoisotopic (exact) mass is 480 g/mol. The number of nitro groups is 1. The van der Waals surface area contributed by atoms with Crippen LogP contribution >= 0.6 is 23.4 Å². The largest absolute Gasteiger partial charge is 0.411 e. The summed E-state index contributed by atoms with van der Waals surface area (Å²) in [7, 11) is 0. The average Bonchev–Trinajstić information content (AvgIpc) is 3.31. The van der Waals surface area contributed by atoms with Crippen LogP contribution in [-0.2, 0) is 12.3 Å². The predicted molar refractivity (Wildman–Crippen MR) is 125 cm³/mol. The maximum absolute atomic E-state index is 12.6. The molecule has 0 fully saturated rings. The maximum Gasteiger partial charge on any atom is 0.277 e. The standard InChI is InChI=1S/C23H17ClN4O4S/c24-19-8-6-17(7-9-19)22-26-27-23(32-22)33-14-16-10-18(12-20(11-16)28(30)31)21(29)25-13-15-4-2-1-3-5-15/h1-12H,13-14H2,(H,25,29). The van der Waals surface area contributed by atoms with E-state index >= 15 is 0 Å². The van der Waals surface area contributed by atoms with Gasteiger partial charge in [-0.25, -0.2) is 0 Å². The van der Waals surface area contributed by atoms with Gasteiger partial charge in [0.25, 0.3) is 16.8 Å². The topological polar surface area (TPSA) is 111 Å². The van der Waals surface area contributed by atoms with Gasteiger partial charge in [0, 0.05) is 40.6 Å². The van der Waals surface area contributed by atoms with Crippen molar-refractivity contribution in [3.8, 4) is 11.5 Å². The lowest BCUT2D eigenvalue weighted by Crippen LogP contribution is -2.23. The molecule has 1 amide bonds. The normalized spacial score (nSPS) is 10.7. The molecule has 8 nitrogen and oxygen atoms in total. The second-order valence-corrected chi connectivity index (χ2v) is 8.35. The van der Waals surface area contributed by atoms with Crippen LogP contribution in [0.1, 0.15) is 21.5 Å². The van der Waals surface area contributed by atoms with Crippen molar-refractivity contribution in [1.29, 1.82) is 0 Å². The van der Waals surface area contributed by atoms with Crippen LogP contribution in [0.25, 0.3) is 11.5 Å². The fraction of sp³-hybridized carbons (Fsp3) is 0.0870. The molecule has 4 aromatic rings. The number of carbonyl (C=O) groups is 1. The number of carbonyl (C=O) groups excluding carboxylic acids is 1. The summed E-state index contributed by atoms with van der Waals surface area (Å²) in [5.74, 6) is 0.258. The Morgan fingerprint density at radius 2 is 1.79 bits per heavy atom. The van der Waals surface area contributed by atoms with E-state index in [0.717, 1.165) is 11.1 Å². The van der Waals surface area contributed by atoms with Crippen molar-refractivity contribution in [1.82, 2.24) is 15.5 Å². The van der Waals surface area contributed by atoms with Gasteiger partial charge in [0.1, 0.15) is 0 Å². The molecule has 0 aliphatic rings. The molecule has 10 heteroatoms. The van der Waals surface area contributed by atoms with Gasteiger partial charge in [-0.3, -0.25) is 14.9 Å². The molecule has 0 saturated carbocycles. The Labute approximate surface area is 198 Å². The second kappa shape index (κ2) is 10.3. The van der Waals surface area contributed by atoms with Crippen molar-refractivity contribution in [2.75, 3.05) is 0 Å². The van der Waals surface area contributed by atoms with Crippen LogP contribution in [0.4, 0.5) is 5.69 Å². The van der Waals surface area contributed by atoms with Gasteiger partial charge < -0.3 is 9.73 Å². The number of aromatic nitrogens is 2. The van der Waals surface area contributed by atoms with Crippen molar-refractivity contribution < 1.29 is 14.1 Å². The summed E-state index contributed by atoms with van der Waals surface area (Å²) in [6, 6.07) is 20.7. The smallest absolute Gasteiger partial charge is 0.277 e. The third-order valence-electron chi connectivity index (χ3n) is 4.61. The molecule has 166 valence electrons. The van der Waals surface area contributed by atoms with Gasteiger partial charge >= 0.3 is 0 Å². The zero-order valence-electron chi connectivity index (χ0n) is 17.1. The van der Waals surface area contributed by atoms with Gasteiger partial charge in [0.15, 0.2) is 0 Å². The second-order valence-electron chi connectivity index (χ2n) is 6.98. The van der Waals surface area contributed by atoms with E-state index in [4.69, 9.17) is 16.0 Å². The van der Waals surface area contributed by atoms with E-state index in [9.17, 15) is 14.9 Å². The number of non-ortho nitro benzene ring substituents is 1. The molecule has 0 aliphatic heterocycles. The lowest BCUT2D eigenvalue weighted by atomic mass is 10.1. The van der Waals surface area contributed by atoms with E-state index in [1.807, 2.05) is 30.3 Å². The van der Waals surface area contributed by atoms with Gasteiger partial charge in [-0.2, -0.15) is 0 Å². The maximum atomic E-state index is 12.6. The summed E-state index contributed by atoms with van der Waals surface area (Å²) in [6.45, 7) is 0.321. The first-order valence-electron chi connectivity index (χ1n) is 9.80. The number of hydrogen-bond donors (Lipinski definition) is 1. The Morgan fingerprint density at radius 1 is 1.03 bits per heavy atom. The Hall–Kier alpha value is -3.69. The van der Waals surface area contributed by atoms with Crippen LogP contribution in [-0.4, -0.2) is 21.0 Å². The molecule has 33 heavy (non-hydrogen) atoms. The molecule has 1 aromatic heterocycles. The average molecular weight is 481 g/mol. The first kappa shape index (κ1) is 22.5. The summed E-state index contributed by atoms with van der Waals surface area (Å²) < 4.78 is 5.66. The van der Waals surface area contributed by atoms with E-state index < -0.39 is 10.8 Å². The number of amides is 1. The Bertz CT molecular complexity index is 1280.